The number of para-hydroxylation sites is 2. The van der Waals surface area contributed by atoms with Crippen LogP contribution in [0, 0.1) is 11.8 Å². The molecule has 0 fully saturated rings. The van der Waals surface area contributed by atoms with Crippen LogP contribution in [0.1, 0.15) is 47.1 Å². The molecule has 0 N–H and O–H groups in total. The third-order valence-corrected chi connectivity index (χ3v) is 11.4. The Morgan fingerprint density at radius 3 is 2.06 bits per heavy atom. The van der Waals surface area contributed by atoms with Crippen LogP contribution in [0.15, 0.2) is 157 Å². The Balaban J connectivity index is 1.20. The van der Waals surface area contributed by atoms with Crippen molar-refractivity contribution in [3.8, 4) is 34.1 Å². The molecule has 0 aliphatic heterocycles. The molecule has 0 bridgehead atoms. The van der Waals surface area contributed by atoms with Crippen LogP contribution in [0.25, 0.3) is 39.5 Å². The molecule has 0 heterocycles. The molecule has 6 aromatic rings. The van der Waals surface area contributed by atoms with Gasteiger partial charge in [0.15, 0.2) is 0 Å². The average Bonchev–Trinajstić information content (AvgIpc) is 3.66. The highest BCUT2D eigenvalue weighted by atomic mass is 15.1. The molecule has 0 amide bonds. The molecule has 1 heteroatoms. The lowest BCUT2D eigenvalue weighted by Gasteiger charge is -2.31. The first-order valence-electron chi connectivity index (χ1n) is 17.4. The van der Waals surface area contributed by atoms with Crippen molar-refractivity contribution in [3.63, 3.8) is 0 Å². The van der Waals surface area contributed by atoms with Gasteiger partial charge < -0.3 is 4.90 Å². The summed E-state index contributed by atoms with van der Waals surface area (Å²) < 4.78 is 0. The number of anilines is 2. The first kappa shape index (κ1) is 26.9. The topological polar surface area (TPSA) is 3.24 Å². The van der Waals surface area contributed by atoms with Gasteiger partial charge in [-0.1, -0.05) is 133 Å². The highest BCUT2D eigenvalue weighted by Gasteiger charge is 2.57. The zero-order valence-corrected chi connectivity index (χ0v) is 27.0. The molecule has 5 aliphatic carbocycles. The van der Waals surface area contributed by atoms with Crippen LogP contribution in [0.5, 0.6) is 0 Å². The summed E-state index contributed by atoms with van der Waals surface area (Å²) in [7, 11) is 0. The first-order chi connectivity index (χ1) is 24.3. The number of rotatable bonds is 4. The molecule has 1 atom stereocenters. The van der Waals surface area contributed by atoms with Crippen LogP contribution in [0.3, 0.4) is 0 Å². The third-order valence-electron chi connectivity index (χ3n) is 11.4. The van der Waals surface area contributed by atoms with Crippen molar-refractivity contribution in [3.05, 3.63) is 195 Å². The van der Waals surface area contributed by atoms with Crippen LogP contribution in [-0.4, -0.2) is 0 Å². The summed E-state index contributed by atoms with van der Waals surface area (Å²) in [5, 5.41) is 2.65. The molecule has 11 rings (SSSR count). The fourth-order valence-electron chi connectivity index (χ4n) is 9.61. The summed E-state index contributed by atoms with van der Waals surface area (Å²) in [6.07, 6.45) is 7.60. The summed E-state index contributed by atoms with van der Waals surface area (Å²) in [5.41, 5.74) is 19.4. The van der Waals surface area contributed by atoms with Crippen molar-refractivity contribution in [2.45, 2.75) is 24.7 Å². The lowest BCUT2D eigenvalue weighted by atomic mass is 9.72. The summed E-state index contributed by atoms with van der Waals surface area (Å²) in [6, 6.07) is 51.6. The minimum atomic E-state index is -0.350. The Morgan fingerprint density at radius 1 is 0.551 bits per heavy atom. The predicted molar refractivity (Wildman–Crippen MR) is 202 cm³/mol. The molecule has 0 saturated carbocycles. The molecule has 0 radical (unpaired) electrons. The van der Waals surface area contributed by atoms with E-state index in [1.807, 2.05) is 0 Å². The van der Waals surface area contributed by atoms with E-state index in [-0.39, 0.29) is 5.41 Å². The Hall–Kier alpha value is -6.10. The van der Waals surface area contributed by atoms with Gasteiger partial charge in [0.05, 0.1) is 16.8 Å². The largest absolute Gasteiger partial charge is 0.303 e. The van der Waals surface area contributed by atoms with Crippen LogP contribution in [0.2, 0.25) is 0 Å². The van der Waals surface area contributed by atoms with Crippen LogP contribution < -0.4 is 15.3 Å². The molecular weight excluding hydrogens is 591 g/mol. The molecular formula is C48H31N. The molecule has 1 spiro atoms. The van der Waals surface area contributed by atoms with Gasteiger partial charge in [0.1, 0.15) is 0 Å². The predicted octanol–water partition coefficient (Wildman–Crippen LogP) is 9.65. The monoisotopic (exact) mass is 621 g/mol. The van der Waals surface area contributed by atoms with Gasteiger partial charge in [-0.15, -0.1) is 0 Å². The molecule has 0 saturated heterocycles. The molecule has 6 aromatic carbocycles. The number of benzene rings is 6. The maximum absolute atomic E-state index is 3.74. The van der Waals surface area contributed by atoms with Gasteiger partial charge in [-0.2, -0.15) is 0 Å². The second-order valence-electron chi connectivity index (χ2n) is 13.6. The standard InChI is InChI=1S/C48H31N/c1-2-16-32(17-3-1)49(45-29-9-7-21-38(45)35-22-10-15-31-14-4-5-19-34(31)35)33-18-11-23-37-40-25-13-27-42-41-26-12-24-39-36-20-6-8-28-43(36)48(46(39)41,47(40)42)44(37)30-33/h1-9,12-17,19-21,24-30H,10,22-23H2. The van der Waals surface area contributed by atoms with E-state index >= 15 is 0 Å². The summed E-state index contributed by atoms with van der Waals surface area (Å²) in [6.45, 7) is 0. The fourth-order valence-corrected chi connectivity index (χ4v) is 9.61. The van der Waals surface area contributed by atoms with E-state index in [1.54, 1.807) is 0 Å². The smallest absolute Gasteiger partial charge is 0.0973 e. The number of nitrogens with zero attached hydrogens (tertiary/aromatic N) is 1. The van der Waals surface area contributed by atoms with E-state index in [0.717, 1.165) is 36.3 Å². The normalized spacial score (nSPS) is 18.2. The van der Waals surface area contributed by atoms with E-state index in [1.165, 1.54) is 77.2 Å². The molecule has 228 valence electrons. The van der Waals surface area contributed by atoms with Gasteiger partial charge in [-0.05, 0) is 115 Å². The highest BCUT2D eigenvalue weighted by Crippen LogP contribution is 2.69. The molecule has 5 aliphatic rings. The zero-order valence-electron chi connectivity index (χ0n) is 27.0. The highest BCUT2D eigenvalue weighted by molar-refractivity contribution is 6.06. The van der Waals surface area contributed by atoms with Crippen LogP contribution in [-0.2, 0) is 5.41 Å². The van der Waals surface area contributed by atoms with Crippen molar-refractivity contribution in [2.75, 3.05) is 4.90 Å². The number of allylic oxidation sites excluding steroid dienone is 4. The number of hydrogen-bond donors (Lipinski definition) is 0. The maximum atomic E-state index is 3.74. The molecule has 49 heavy (non-hydrogen) atoms. The van der Waals surface area contributed by atoms with E-state index in [9.17, 15) is 0 Å². The van der Waals surface area contributed by atoms with Crippen LogP contribution in [0.4, 0.5) is 11.4 Å². The van der Waals surface area contributed by atoms with Crippen molar-refractivity contribution in [1.29, 1.82) is 0 Å². The van der Waals surface area contributed by atoms with E-state index in [0.29, 0.717) is 0 Å². The lowest BCUT2D eigenvalue weighted by molar-refractivity contribution is 0.808. The Labute approximate surface area is 286 Å². The van der Waals surface area contributed by atoms with Gasteiger partial charge >= 0.3 is 0 Å². The summed E-state index contributed by atoms with van der Waals surface area (Å²) in [5.74, 6) is 7.42. The van der Waals surface area contributed by atoms with Crippen molar-refractivity contribution in [2.24, 2.45) is 0 Å². The Kier molecular flexibility index (Phi) is 5.47. The second kappa shape index (κ2) is 9.96. The van der Waals surface area contributed by atoms with Crippen molar-refractivity contribution < 1.29 is 0 Å². The van der Waals surface area contributed by atoms with E-state index in [2.05, 4.69) is 168 Å². The second-order valence-corrected chi connectivity index (χ2v) is 13.6. The van der Waals surface area contributed by atoms with Crippen molar-refractivity contribution >= 4 is 28.6 Å². The van der Waals surface area contributed by atoms with Crippen molar-refractivity contribution in [1.82, 2.24) is 0 Å². The van der Waals surface area contributed by atoms with Gasteiger partial charge in [0.2, 0.25) is 0 Å². The van der Waals surface area contributed by atoms with Gasteiger partial charge in [0.25, 0.3) is 0 Å². The Bertz CT molecular complexity index is 2680. The third kappa shape index (κ3) is 3.46. The minimum absolute atomic E-state index is 0.350. The minimum Gasteiger partial charge on any atom is -0.303 e. The molecule has 0 aromatic heterocycles. The lowest BCUT2D eigenvalue weighted by Crippen LogP contribution is -2.30. The van der Waals surface area contributed by atoms with Crippen LogP contribution >= 0.6 is 0 Å². The average molecular weight is 622 g/mol. The van der Waals surface area contributed by atoms with Gasteiger partial charge in [-0.25, -0.2) is 0 Å². The SMILES string of the molecule is C1#CC(N(c2ccccc2)c2ccccc2C2=c3ccccc3=CCC2)=CC2=C(C1)c1cccc3c1C21c2ccccc2-c2cccc-3c21. The molecule has 1 nitrogen and oxygen atoms in total. The quantitative estimate of drug-likeness (QED) is 0.177. The fraction of sp³-hybridized carbons (Fsp3) is 0.0833. The number of hydrogen-bond acceptors (Lipinski definition) is 1. The van der Waals surface area contributed by atoms with Gasteiger partial charge in [-0.3, -0.25) is 0 Å². The van der Waals surface area contributed by atoms with E-state index in [4.69, 9.17) is 0 Å². The molecule has 1 unspecified atom stereocenters. The Morgan fingerprint density at radius 2 is 1.20 bits per heavy atom. The summed E-state index contributed by atoms with van der Waals surface area (Å²) >= 11 is 0. The van der Waals surface area contributed by atoms with Gasteiger partial charge in [0, 0.05) is 17.7 Å². The maximum Gasteiger partial charge on any atom is 0.0973 e. The number of fused-ring (bicyclic) bond motifs is 5. The zero-order chi connectivity index (χ0) is 32.1. The van der Waals surface area contributed by atoms with E-state index < -0.39 is 0 Å². The first-order valence-corrected chi connectivity index (χ1v) is 17.4. The summed E-state index contributed by atoms with van der Waals surface area (Å²) in [4.78, 5) is 2.43.